The third kappa shape index (κ3) is 3.25. The van der Waals surface area contributed by atoms with Crippen molar-refractivity contribution in [2.45, 2.75) is 42.9 Å². The molecule has 0 aliphatic heterocycles. The normalized spacial score (nSPS) is 15.7. The van der Waals surface area contributed by atoms with E-state index in [9.17, 15) is 5.11 Å². The van der Waals surface area contributed by atoms with Crippen LogP contribution in [0.2, 0.25) is 0 Å². The molecule has 1 aromatic rings. The van der Waals surface area contributed by atoms with Gasteiger partial charge in [0.05, 0.1) is 6.10 Å². The van der Waals surface area contributed by atoms with Crippen molar-refractivity contribution >= 4 is 23.3 Å². The number of aliphatic hydroxyl groups excluding tert-OH is 1. The maximum atomic E-state index is 9.28. The van der Waals surface area contributed by atoms with E-state index in [1.54, 1.807) is 18.7 Å². The minimum absolute atomic E-state index is 0.178. The quantitative estimate of drug-likeness (QED) is 0.785. The lowest BCUT2D eigenvalue weighted by Gasteiger charge is -2.10. The molecule has 0 aliphatic rings. The number of thioether (sulfide) groups is 1. The summed E-state index contributed by atoms with van der Waals surface area (Å²) in [6.07, 6.45) is 0.569. The highest BCUT2D eigenvalue weighted by molar-refractivity contribution is 8.01. The van der Waals surface area contributed by atoms with Crippen molar-refractivity contribution in [1.29, 1.82) is 0 Å². The van der Waals surface area contributed by atoms with Crippen LogP contribution in [0.15, 0.2) is 4.34 Å². The van der Waals surface area contributed by atoms with Crippen molar-refractivity contribution in [2.24, 2.45) is 0 Å². The molecular weight excluding hydrogens is 204 g/mol. The van der Waals surface area contributed by atoms with Crippen molar-refractivity contribution < 1.29 is 5.11 Å². The van der Waals surface area contributed by atoms with Gasteiger partial charge in [-0.2, -0.15) is 4.37 Å². The van der Waals surface area contributed by atoms with Crippen LogP contribution >= 0.6 is 23.3 Å². The molecule has 0 amide bonds. The summed E-state index contributed by atoms with van der Waals surface area (Å²) in [5, 5.41) is 9.46. The molecule has 0 bridgehead atoms. The van der Waals surface area contributed by atoms with E-state index in [1.807, 2.05) is 13.8 Å². The van der Waals surface area contributed by atoms with Crippen LogP contribution in [0.3, 0.4) is 0 Å². The summed E-state index contributed by atoms with van der Waals surface area (Å²) in [7, 11) is 0. The average molecular weight is 218 g/mol. The molecule has 74 valence electrons. The van der Waals surface area contributed by atoms with Gasteiger partial charge in [0.2, 0.25) is 0 Å². The SMILES string of the molecule is CCc1nsc(SC(C)C(C)O)n1. The Kier molecular flexibility index (Phi) is 4.15. The highest BCUT2D eigenvalue weighted by atomic mass is 32.2. The van der Waals surface area contributed by atoms with E-state index >= 15 is 0 Å². The number of hydrogen-bond acceptors (Lipinski definition) is 5. The van der Waals surface area contributed by atoms with E-state index in [0.29, 0.717) is 0 Å². The van der Waals surface area contributed by atoms with Crippen molar-refractivity contribution in [3.05, 3.63) is 5.82 Å². The Labute approximate surface area is 86.8 Å². The molecule has 0 saturated carbocycles. The molecule has 0 fully saturated rings. The van der Waals surface area contributed by atoms with Crippen molar-refractivity contribution in [2.75, 3.05) is 0 Å². The number of aryl methyl sites for hydroxylation is 1. The van der Waals surface area contributed by atoms with E-state index in [1.165, 1.54) is 11.5 Å². The maximum absolute atomic E-state index is 9.28. The number of aliphatic hydroxyl groups is 1. The summed E-state index contributed by atoms with van der Waals surface area (Å²) in [6, 6.07) is 0. The molecule has 0 spiro atoms. The van der Waals surface area contributed by atoms with Crippen LogP contribution in [0.4, 0.5) is 0 Å². The minimum atomic E-state index is -0.307. The Morgan fingerprint density at radius 2 is 2.23 bits per heavy atom. The monoisotopic (exact) mass is 218 g/mol. The Hall–Kier alpha value is -0.130. The first-order valence-electron chi connectivity index (χ1n) is 4.30. The number of aromatic nitrogens is 2. The molecule has 1 rings (SSSR count). The first kappa shape index (κ1) is 10.9. The van der Waals surface area contributed by atoms with Gasteiger partial charge >= 0.3 is 0 Å². The van der Waals surface area contributed by atoms with Gasteiger partial charge in [-0.3, -0.25) is 0 Å². The molecule has 1 heterocycles. The first-order valence-corrected chi connectivity index (χ1v) is 5.96. The first-order chi connectivity index (χ1) is 6.13. The fourth-order valence-electron chi connectivity index (χ4n) is 0.687. The second-order valence-electron chi connectivity index (χ2n) is 2.89. The zero-order valence-corrected chi connectivity index (χ0v) is 9.65. The molecule has 2 unspecified atom stereocenters. The van der Waals surface area contributed by atoms with Crippen molar-refractivity contribution in [3.63, 3.8) is 0 Å². The van der Waals surface area contributed by atoms with Gasteiger partial charge < -0.3 is 5.11 Å². The largest absolute Gasteiger partial charge is 0.392 e. The zero-order chi connectivity index (χ0) is 9.84. The lowest BCUT2D eigenvalue weighted by molar-refractivity contribution is 0.196. The number of hydrogen-bond donors (Lipinski definition) is 1. The lowest BCUT2D eigenvalue weighted by Crippen LogP contribution is -2.14. The smallest absolute Gasteiger partial charge is 0.170 e. The third-order valence-electron chi connectivity index (χ3n) is 1.73. The second kappa shape index (κ2) is 4.93. The minimum Gasteiger partial charge on any atom is -0.392 e. The van der Waals surface area contributed by atoms with Gasteiger partial charge in [-0.25, -0.2) is 4.98 Å². The van der Waals surface area contributed by atoms with Gasteiger partial charge in [0, 0.05) is 11.7 Å². The molecule has 13 heavy (non-hydrogen) atoms. The fraction of sp³-hybridized carbons (Fsp3) is 0.750. The van der Waals surface area contributed by atoms with Crippen LogP contribution in [-0.4, -0.2) is 25.8 Å². The molecule has 0 radical (unpaired) electrons. The molecule has 5 heteroatoms. The second-order valence-corrected chi connectivity index (χ2v) is 5.27. The number of rotatable bonds is 4. The maximum Gasteiger partial charge on any atom is 0.170 e. The van der Waals surface area contributed by atoms with Crippen LogP contribution in [0.5, 0.6) is 0 Å². The molecule has 0 aliphatic carbocycles. The van der Waals surface area contributed by atoms with Crippen LogP contribution in [0.25, 0.3) is 0 Å². The fourth-order valence-corrected chi connectivity index (χ4v) is 2.60. The Bertz CT molecular complexity index is 262. The van der Waals surface area contributed by atoms with Gasteiger partial charge in [0.25, 0.3) is 0 Å². The van der Waals surface area contributed by atoms with Gasteiger partial charge in [0.15, 0.2) is 4.34 Å². The molecule has 0 saturated heterocycles. The Morgan fingerprint density at radius 3 is 2.69 bits per heavy atom. The average Bonchev–Trinajstić information content (AvgIpc) is 2.52. The summed E-state index contributed by atoms with van der Waals surface area (Å²) in [5.41, 5.74) is 0. The highest BCUT2D eigenvalue weighted by Crippen LogP contribution is 2.26. The van der Waals surface area contributed by atoms with Crippen molar-refractivity contribution in [3.8, 4) is 0 Å². The molecule has 1 N–H and O–H groups in total. The zero-order valence-electron chi connectivity index (χ0n) is 8.02. The summed E-state index contributed by atoms with van der Waals surface area (Å²) < 4.78 is 5.12. The van der Waals surface area contributed by atoms with Gasteiger partial charge in [-0.1, -0.05) is 25.6 Å². The summed E-state index contributed by atoms with van der Waals surface area (Å²) in [5.74, 6) is 0.894. The third-order valence-corrected chi connectivity index (χ3v) is 3.85. The van der Waals surface area contributed by atoms with Crippen LogP contribution in [-0.2, 0) is 6.42 Å². The van der Waals surface area contributed by atoms with Crippen LogP contribution in [0, 0.1) is 0 Å². The predicted octanol–water partition coefficient (Wildman–Crippen LogP) is 1.96. The number of nitrogens with zero attached hydrogens (tertiary/aromatic N) is 2. The van der Waals surface area contributed by atoms with Crippen LogP contribution < -0.4 is 0 Å². The molecule has 1 aromatic heterocycles. The standard InChI is InChI=1S/C8H14N2OS2/c1-4-7-9-8(13-10-7)12-6(3)5(2)11/h5-6,11H,4H2,1-3H3. The topological polar surface area (TPSA) is 46.0 Å². The van der Waals surface area contributed by atoms with Gasteiger partial charge in [0.1, 0.15) is 5.82 Å². The molecule has 0 aromatic carbocycles. The summed E-state index contributed by atoms with van der Waals surface area (Å²) in [6.45, 7) is 5.82. The molecular formula is C8H14N2OS2. The predicted molar refractivity (Wildman–Crippen MR) is 56.3 cm³/mol. The highest BCUT2D eigenvalue weighted by Gasteiger charge is 2.13. The Balaban J connectivity index is 2.53. The van der Waals surface area contributed by atoms with Crippen molar-refractivity contribution in [1.82, 2.24) is 9.36 Å². The van der Waals surface area contributed by atoms with Gasteiger partial charge in [-0.05, 0) is 18.5 Å². The summed E-state index contributed by atoms with van der Waals surface area (Å²) >= 11 is 2.99. The van der Waals surface area contributed by atoms with E-state index < -0.39 is 0 Å². The molecule has 3 nitrogen and oxygen atoms in total. The van der Waals surface area contributed by atoms with E-state index in [-0.39, 0.29) is 11.4 Å². The van der Waals surface area contributed by atoms with Crippen LogP contribution in [0.1, 0.15) is 26.6 Å². The van der Waals surface area contributed by atoms with E-state index in [2.05, 4.69) is 9.36 Å². The summed E-state index contributed by atoms with van der Waals surface area (Å²) in [4.78, 5) is 4.31. The van der Waals surface area contributed by atoms with E-state index in [0.717, 1.165) is 16.6 Å². The van der Waals surface area contributed by atoms with E-state index in [4.69, 9.17) is 0 Å². The Morgan fingerprint density at radius 1 is 1.54 bits per heavy atom. The van der Waals surface area contributed by atoms with Gasteiger partial charge in [-0.15, -0.1) is 0 Å². The lowest BCUT2D eigenvalue weighted by atomic mass is 10.3. The molecule has 2 atom stereocenters.